The minimum atomic E-state index is -4.51. The molecule has 1 saturated heterocycles. The number of thioether (sulfide) groups is 1. The zero-order chi connectivity index (χ0) is 37.7. The summed E-state index contributed by atoms with van der Waals surface area (Å²) >= 11 is 1.58. The first-order valence-corrected chi connectivity index (χ1v) is 19.8. The molecule has 0 amide bonds. The summed E-state index contributed by atoms with van der Waals surface area (Å²) < 4.78 is 56.9. The molecule has 53 heavy (non-hydrogen) atoms. The maximum Gasteiger partial charge on any atom is 0.416 e. The van der Waals surface area contributed by atoms with Gasteiger partial charge in [-0.05, 0) is 129 Å². The first-order chi connectivity index (χ1) is 25.5. The van der Waals surface area contributed by atoms with Crippen molar-refractivity contribution in [2.45, 2.75) is 93.4 Å². The predicted octanol–water partition coefficient (Wildman–Crippen LogP) is 7.35. The summed E-state index contributed by atoms with van der Waals surface area (Å²) in [6, 6.07) is 12.1. The highest BCUT2D eigenvalue weighted by Crippen LogP contribution is 2.40. The number of piperidine rings is 1. The number of amidine groups is 1. The van der Waals surface area contributed by atoms with E-state index in [1.54, 1.807) is 30.1 Å². The molecule has 0 bridgehead atoms. The van der Waals surface area contributed by atoms with Crippen molar-refractivity contribution in [1.82, 2.24) is 24.8 Å². The lowest BCUT2D eigenvalue weighted by Gasteiger charge is -2.43. The topological polar surface area (TPSA) is 142 Å². The van der Waals surface area contributed by atoms with Crippen LogP contribution in [0, 0.1) is 11.3 Å². The summed E-state index contributed by atoms with van der Waals surface area (Å²) in [5.74, 6) is 0.836. The zero-order valence-electron chi connectivity index (χ0n) is 30.2. The Morgan fingerprint density at radius 2 is 1.94 bits per heavy atom. The van der Waals surface area contributed by atoms with E-state index in [2.05, 4.69) is 20.2 Å². The van der Waals surface area contributed by atoms with Crippen LogP contribution in [0.25, 0.3) is 28.0 Å². The lowest BCUT2D eigenvalue weighted by Crippen LogP contribution is -2.44. The molecule has 14 heteroatoms. The van der Waals surface area contributed by atoms with Crippen LogP contribution in [0.2, 0.25) is 0 Å². The third-order valence-corrected chi connectivity index (χ3v) is 11.5. The molecule has 4 aromatic rings. The lowest BCUT2D eigenvalue weighted by atomic mass is 9.89. The maximum atomic E-state index is 14.0. The molecule has 6 rings (SSSR count). The van der Waals surface area contributed by atoms with Crippen molar-refractivity contribution in [3.8, 4) is 16.9 Å². The van der Waals surface area contributed by atoms with Gasteiger partial charge in [-0.3, -0.25) is 19.3 Å². The predicted molar refractivity (Wildman–Crippen MR) is 205 cm³/mol. The van der Waals surface area contributed by atoms with Crippen LogP contribution in [0.5, 0.6) is 0 Å². The largest absolute Gasteiger partial charge is 0.416 e. The second-order valence-electron chi connectivity index (χ2n) is 14.4. The van der Waals surface area contributed by atoms with Gasteiger partial charge in [-0.1, -0.05) is 6.07 Å². The number of aromatic amines is 1. The van der Waals surface area contributed by atoms with Crippen LogP contribution >= 0.6 is 11.8 Å². The molecule has 3 heterocycles. The number of rotatable bonds is 16. The van der Waals surface area contributed by atoms with Crippen molar-refractivity contribution < 1.29 is 17.6 Å². The average Bonchev–Trinajstić information content (AvgIpc) is 3.92. The molecule has 1 unspecified atom stereocenters. The number of benzene rings is 2. The highest BCUT2D eigenvalue weighted by molar-refractivity contribution is 7.98. The number of nitrogens with zero attached hydrogens (tertiary/aromatic N) is 3. The van der Waals surface area contributed by atoms with Gasteiger partial charge in [-0.15, -0.1) is 11.8 Å². The first kappa shape index (κ1) is 39.0. The minimum absolute atomic E-state index is 0.0719. The molecule has 2 aliphatic rings. The fourth-order valence-electron chi connectivity index (χ4n) is 7.74. The van der Waals surface area contributed by atoms with Gasteiger partial charge >= 0.3 is 11.9 Å². The molecule has 2 fully saturated rings. The van der Waals surface area contributed by atoms with Crippen LogP contribution in [0.4, 0.5) is 17.6 Å². The number of hydrogen-bond donors (Lipinski definition) is 5. The number of halogens is 4. The van der Waals surface area contributed by atoms with E-state index < -0.39 is 24.1 Å². The quantitative estimate of drug-likeness (QED) is 0.0349. The summed E-state index contributed by atoms with van der Waals surface area (Å²) in [7, 11) is 0. The number of aryl methyl sites for hydroxylation is 1. The van der Waals surface area contributed by atoms with Crippen LogP contribution in [0.1, 0.15) is 80.5 Å². The van der Waals surface area contributed by atoms with Crippen molar-refractivity contribution in [3.63, 3.8) is 0 Å². The number of H-pyrrole nitrogens is 1. The molecular weight excluding hydrogens is 705 g/mol. The molecule has 7 N–H and O–H groups in total. The second kappa shape index (κ2) is 17.2. The molecule has 2 aromatic heterocycles. The summed E-state index contributed by atoms with van der Waals surface area (Å²) in [5.41, 5.74) is 14.0. The Bertz CT molecular complexity index is 1940. The van der Waals surface area contributed by atoms with E-state index >= 15 is 0 Å². The standard InChI is InChI=1S/C39H50F4N8OS/c1-53-35-21-30(11-12-31(35)34-8-3-6-29(50(34)16-4-14-40)13-15-47-36(46)22-44)51-23-27-20-33(48-37(27)49-38(51)52)26-17-24(18-28(19-26)39(41,42)43)5-2-7-32(45)25-9-10-25/h11-12,17-21,23,25,29,32,34H,2-10,13-16,22,44-45H2,1H3,(H2,46,47)(H,48,49,52)/t29-,32?,34-/m0/s1. The summed E-state index contributed by atoms with van der Waals surface area (Å²) in [6.45, 7) is 1.00. The molecular formula is C39H50F4N8OS. The van der Waals surface area contributed by atoms with Crippen LogP contribution in [-0.4, -0.2) is 69.9 Å². The Morgan fingerprint density at radius 1 is 1.13 bits per heavy atom. The maximum absolute atomic E-state index is 14.0. The molecule has 9 nitrogen and oxygen atoms in total. The van der Waals surface area contributed by atoms with Crippen molar-refractivity contribution in [2.24, 2.45) is 17.4 Å². The monoisotopic (exact) mass is 754 g/mol. The fourth-order valence-corrected chi connectivity index (χ4v) is 8.42. The van der Waals surface area contributed by atoms with Crippen LogP contribution < -0.4 is 22.5 Å². The van der Waals surface area contributed by atoms with Gasteiger partial charge < -0.3 is 21.8 Å². The highest BCUT2D eigenvalue weighted by Gasteiger charge is 2.33. The van der Waals surface area contributed by atoms with Gasteiger partial charge in [0.25, 0.3) is 0 Å². The number of nitrogens with one attached hydrogen (secondary N) is 3. The van der Waals surface area contributed by atoms with E-state index in [0.29, 0.717) is 77.6 Å². The number of nitrogens with two attached hydrogens (primary N) is 2. The molecule has 0 radical (unpaired) electrons. The first-order valence-electron chi connectivity index (χ1n) is 18.6. The third-order valence-electron chi connectivity index (χ3n) is 10.7. The molecule has 1 saturated carbocycles. The Hall–Kier alpha value is -3.72. The SMILES string of the molecule is CSc1cc(-n2cc3cc(-c4cc(CCCC(N)C5CC5)cc(C(F)(F)F)c4)[nH]c3nc2=O)ccc1[C@@H]1CCC[C@@H](CCNC(=N)CN)N1CCCF. The Kier molecular flexibility index (Phi) is 12.6. The van der Waals surface area contributed by atoms with E-state index in [9.17, 15) is 22.4 Å². The van der Waals surface area contributed by atoms with Gasteiger partial charge in [0.1, 0.15) is 11.5 Å². The van der Waals surface area contributed by atoms with Gasteiger partial charge in [-0.2, -0.15) is 18.2 Å². The fraction of sp³-hybridized carbons (Fsp3) is 0.513. The number of likely N-dealkylation sites (tertiary alicyclic amines) is 1. The molecule has 1 aliphatic carbocycles. The number of hydrogen-bond acceptors (Lipinski definition) is 7. The molecule has 1 aliphatic heterocycles. The van der Waals surface area contributed by atoms with E-state index in [4.69, 9.17) is 16.9 Å². The van der Waals surface area contributed by atoms with Crippen molar-refractivity contribution in [1.29, 1.82) is 5.41 Å². The smallest absolute Gasteiger partial charge is 0.373 e. The number of aromatic nitrogens is 3. The summed E-state index contributed by atoms with van der Waals surface area (Å²) in [5, 5.41) is 11.5. The van der Waals surface area contributed by atoms with E-state index in [1.165, 1.54) is 10.6 Å². The van der Waals surface area contributed by atoms with Gasteiger partial charge in [0.2, 0.25) is 0 Å². The zero-order valence-corrected chi connectivity index (χ0v) is 31.0. The molecule has 2 aromatic carbocycles. The summed E-state index contributed by atoms with van der Waals surface area (Å²) in [4.78, 5) is 24.2. The normalized spacial score (nSPS) is 18.8. The van der Waals surface area contributed by atoms with Crippen LogP contribution in [0.3, 0.4) is 0 Å². The summed E-state index contributed by atoms with van der Waals surface area (Å²) in [6.07, 6.45) is 7.56. The van der Waals surface area contributed by atoms with E-state index in [0.717, 1.165) is 61.5 Å². The Labute approximate surface area is 311 Å². The number of fused-ring (bicyclic) bond motifs is 1. The lowest BCUT2D eigenvalue weighted by molar-refractivity contribution is -0.137. The molecule has 286 valence electrons. The van der Waals surface area contributed by atoms with Crippen molar-refractivity contribution in [2.75, 3.05) is 32.6 Å². The van der Waals surface area contributed by atoms with Gasteiger partial charge in [0.05, 0.1) is 24.5 Å². The van der Waals surface area contributed by atoms with Gasteiger partial charge in [-0.25, -0.2) is 4.79 Å². The van der Waals surface area contributed by atoms with Gasteiger partial charge in [0.15, 0.2) is 0 Å². The Balaban J connectivity index is 1.26. The highest BCUT2D eigenvalue weighted by atomic mass is 32.2. The van der Waals surface area contributed by atoms with E-state index in [1.807, 2.05) is 24.5 Å². The van der Waals surface area contributed by atoms with E-state index in [-0.39, 0.29) is 24.7 Å². The third kappa shape index (κ3) is 9.51. The molecule has 0 spiro atoms. The van der Waals surface area contributed by atoms with Crippen LogP contribution in [-0.2, 0) is 12.6 Å². The Morgan fingerprint density at radius 3 is 2.66 bits per heavy atom. The minimum Gasteiger partial charge on any atom is -0.373 e. The number of alkyl halides is 4. The van der Waals surface area contributed by atoms with Gasteiger partial charge in [0, 0.05) is 53.4 Å². The average molecular weight is 755 g/mol. The van der Waals surface area contributed by atoms with Crippen LogP contribution in [0.15, 0.2) is 58.4 Å². The second-order valence-corrected chi connectivity index (χ2v) is 15.2. The van der Waals surface area contributed by atoms with Crippen molar-refractivity contribution in [3.05, 3.63) is 75.8 Å². The molecule has 3 atom stereocenters. The van der Waals surface area contributed by atoms with Crippen molar-refractivity contribution >= 4 is 28.6 Å².